The molecule has 9 nitrogen and oxygen atoms in total. The van der Waals surface area contributed by atoms with Gasteiger partial charge in [0.25, 0.3) is 0 Å². The number of carbonyl (C=O) groups excluding carboxylic acids is 1. The van der Waals surface area contributed by atoms with Crippen molar-refractivity contribution in [2.24, 2.45) is 7.05 Å². The topological polar surface area (TPSA) is 87.8 Å². The summed E-state index contributed by atoms with van der Waals surface area (Å²) in [5.74, 6) is 0.760. The molecule has 2 aliphatic heterocycles. The molecule has 9 heteroatoms. The van der Waals surface area contributed by atoms with Crippen molar-refractivity contribution in [1.82, 2.24) is 19.6 Å². The molecule has 0 bridgehead atoms. The Kier molecular flexibility index (Phi) is 5.45. The average Bonchev–Trinajstić information content (AvgIpc) is 2.90. The summed E-state index contributed by atoms with van der Waals surface area (Å²) in [4.78, 5) is 29.8. The van der Waals surface area contributed by atoms with Gasteiger partial charge in [-0.1, -0.05) is 0 Å². The smallest absolute Gasteiger partial charge is 0.333 e. The Morgan fingerprint density at radius 3 is 2.54 bits per heavy atom. The molecule has 0 radical (unpaired) electrons. The minimum atomic E-state index is -0.356. The van der Waals surface area contributed by atoms with Gasteiger partial charge in [0.2, 0.25) is 11.7 Å². The number of hydrogen-bond donors (Lipinski definition) is 0. The predicted octanol–water partition coefficient (Wildman–Crippen LogP) is 1.16. The predicted molar refractivity (Wildman–Crippen MR) is 98.3 cm³/mol. The molecule has 26 heavy (non-hydrogen) atoms. The highest BCUT2D eigenvalue weighted by atomic mass is 16.6. The number of carbonyl (C=O) groups is 1. The Hall–Kier alpha value is -2.16. The van der Waals surface area contributed by atoms with Crippen LogP contribution < -0.4 is 4.90 Å². The zero-order chi connectivity index (χ0) is 18.8. The second-order valence-electron chi connectivity index (χ2n) is 7.33. The van der Waals surface area contributed by atoms with Gasteiger partial charge in [0.15, 0.2) is 0 Å². The fourth-order valence-corrected chi connectivity index (χ4v) is 4.07. The summed E-state index contributed by atoms with van der Waals surface area (Å²) in [6.07, 6.45) is 3.38. The normalized spacial score (nSPS) is 21.9. The van der Waals surface area contributed by atoms with Crippen molar-refractivity contribution in [2.75, 3.05) is 44.2 Å². The van der Waals surface area contributed by atoms with Gasteiger partial charge in [0.1, 0.15) is 5.69 Å². The second-order valence-corrected chi connectivity index (χ2v) is 7.33. The van der Waals surface area contributed by atoms with E-state index in [1.165, 1.54) is 6.42 Å². The number of anilines is 1. The third-order valence-electron chi connectivity index (χ3n) is 5.50. The van der Waals surface area contributed by atoms with E-state index in [4.69, 9.17) is 0 Å². The Balaban J connectivity index is 1.60. The lowest BCUT2D eigenvalue weighted by Gasteiger charge is -2.38. The molecule has 2 fully saturated rings. The second kappa shape index (κ2) is 7.61. The molecule has 1 aromatic rings. The molecular weight excluding hydrogens is 336 g/mol. The summed E-state index contributed by atoms with van der Waals surface area (Å²) in [5.41, 5.74) is 0.517. The van der Waals surface area contributed by atoms with Crippen molar-refractivity contribution in [1.29, 1.82) is 0 Å². The number of nitrogens with zero attached hydrogens (tertiary/aromatic N) is 6. The summed E-state index contributed by atoms with van der Waals surface area (Å²) < 4.78 is 1.59. The maximum absolute atomic E-state index is 12.6. The van der Waals surface area contributed by atoms with Crippen LogP contribution in [0.5, 0.6) is 0 Å². The van der Waals surface area contributed by atoms with E-state index in [0.29, 0.717) is 37.2 Å². The van der Waals surface area contributed by atoms with Crippen molar-refractivity contribution in [3.63, 3.8) is 0 Å². The number of rotatable bonds is 4. The van der Waals surface area contributed by atoms with E-state index in [1.807, 2.05) is 9.80 Å². The number of amides is 1. The molecular formula is C17H28N6O3. The molecule has 3 heterocycles. The molecule has 1 atom stereocenters. The van der Waals surface area contributed by atoms with E-state index in [-0.39, 0.29) is 16.5 Å². The lowest BCUT2D eigenvalue weighted by molar-refractivity contribution is -0.384. The number of piperidine rings is 1. The van der Waals surface area contributed by atoms with Crippen molar-refractivity contribution in [3.05, 3.63) is 15.8 Å². The van der Waals surface area contributed by atoms with Crippen molar-refractivity contribution in [2.45, 2.75) is 39.2 Å². The molecule has 0 aliphatic carbocycles. The first-order chi connectivity index (χ1) is 12.4. The SMILES string of the molecule is Cc1nn(C)c(N2CCN(CC(=O)N3CCCC[C@@H]3C)CC2)c1[N+](=O)[O-]. The fraction of sp³-hybridized carbons (Fsp3) is 0.765. The number of piperazine rings is 1. The van der Waals surface area contributed by atoms with Crippen LogP contribution in [0.25, 0.3) is 0 Å². The molecule has 0 unspecified atom stereocenters. The summed E-state index contributed by atoms with van der Waals surface area (Å²) in [7, 11) is 1.74. The highest BCUT2D eigenvalue weighted by Gasteiger charge is 2.31. The lowest BCUT2D eigenvalue weighted by Crippen LogP contribution is -2.52. The fourth-order valence-electron chi connectivity index (χ4n) is 4.07. The molecule has 0 saturated carbocycles. The van der Waals surface area contributed by atoms with E-state index in [0.717, 1.165) is 32.5 Å². The molecule has 2 aliphatic rings. The van der Waals surface area contributed by atoms with Crippen LogP contribution in [-0.2, 0) is 11.8 Å². The molecule has 1 aromatic heterocycles. The minimum absolute atomic E-state index is 0.0826. The Morgan fingerprint density at radius 1 is 1.23 bits per heavy atom. The molecule has 0 aromatic carbocycles. The Bertz CT molecular complexity index is 680. The van der Waals surface area contributed by atoms with Gasteiger partial charge >= 0.3 is 5.69 Å². The molecule has 0 N–H and O–H groups in total. The summed E-state index contributed by atoms with van der Waals surface area (Å²) in [6, 6.07) is 0.331. The van der Waals surface area contributed by atoms with E-state index in [9.17, 15) is 14.9 Å². The molecule has 1 amide bonds. The molecule has 3 rings (SSSR count). The van der Waals surface area contributed by atoms with Crippen LogP contribution in [0.3, 0.4) is 0 Å². The first-order valence-electron chi connectivity index (χ1n) is 9.33. The zero-order valence-corrected chi connectivity index (χ0v) is 15.8. The zero-order valence-electron chi connectivity index (χ0n) is 15.8. The minimum Gasteiger partial charge on any atom is -0.349 e. The number of aryl methyl sites for hydroxylation is 2. The number of nitro groups is 1. The third-order valence-corrected chi connectivity index (χ3v) is 5.50. The molecule has 0 spiro atoms. The van der Waals surface area contributed by atoms with Gasteiger partial charge in [0.05, 0.1) is 11.5 Å². The highest BCUT2D eigenvalue weighted by Crippen LogP contribution is 2.31. The highest BCUT2D eigenvalue weighted by molar-refractivity contribution is 5.78. The first-order valence-corrected chi connectivity index (χ1v) is 9.33. The molecule has 2 saturated heterocycles. The van der Waals surface area contributed by atoms with Crippen molar-refractivity contribution in [3.8, 4) is 0 Å². The van der Waals surface area contributed by atoms with Gasteiger partial charge < -0.3 is 9.80 Å². The number of hydrogen-bond acceptors (Lipinski definition) is 6. The maximum Gasteiger partial charge on any atom is 0.333 e. The van der Waals surface area contributed by atoms with Gasteiger partial charge in [-0.2, -0.15) is 5.10 Å². The van der Waals surface area contributed by atoms with Crippen molar-refractivity contribution < 1.29 is 9.72 Å². The van der Waals surface area contributed by atoms with Gasteiger partial charge in [-0.15, -0.1) is 0 Å². The summed E-state index contributed by atoms with van der Waals surface area (Å²) >= 11 is 0. The third kappa shape index (κ3) is 3.67. The van der Waals surface area contributed by atoms with Crippen LogP contribution in [0, 0.1) is 17.0 Å². The Morgan fingerprint density at radius 2 is 1.92 bits per heavy atom. The van der Waals surface area contributed by atoms with Crippen LogP contribution in [0.15, 0.2) is 0 Å². The van der Waals surface area contributed by atoms with E-state index >= 15 is 0 Å². The van der Waals surface area contributed by atoms with E-state index < -0.39 is 0 Å². The summed E-state index contributed by atoms with van der Waals surface area (Å²) in [6.45, 7) is 7.83. The quantitative estimate of drug-likeness (QED) is 0.588. The van der Waals surface area contributed by atoms with E-state index in [2.05, 4.69) is 16.9 Å². The standard InChI is InChI=1S/C17H28N6O3/c1-13-6-4-5-7-22(13)15(24)12-20-8-10-21(11-9-20)17-16(23(25)26)14(2)18-19(17)3/h13H,4-12H2,1-3H3/t13-/m0/s1. The Labute approximate surface area is 153 Å². The van der Waals surface area contributed by atoms with Crippen LogP contribution in [0.1, 0.15) is 31.9 Å². The van der Waals surface area contributed by atoms with Crippen LogP contribution in [-0.4, -0.2) is 75.7 Å². The van der Waals surface area contributed by atoms with Crippen molar-refractivity contribution >= 4 is 17.4 Å². The van der Waals surface area contributed by atoms with Gasteiger partial charge in [-0.25, -0.2) is 4.68 Å². The lowest BCUT2D eigenvalue weighted by atomic mass is 10.0. The van der Waals surface area contributed by atoms with Crippen LogP contribution in [0.4, 0.5) is 11.5 Å². The van der Waals surface area contributed by atoms with Crippen LogP contribution >= 0.6 is 0 Å². The first kappa shape index (κ1) is 18.6. The monoisotopic (exact) mass is 364 g/mol. The largest absolute Gasteiger partial charge is 0.349 e. The van der Waals surface area contributed by atoms with Gasteiger partial charge in [0, 0.05) is 45.8 Å². The maximum atomic E-state index is 12.6. The average molecular weight is 364 g/mol. The van der Waals surface area contributed by atoms with Crippen LogP contribution in [0.2, 0.25) is 0 Å². The molecule has 144 valence electrons. The number of aromatic nitrogens is 2. The van der Waals surface area contributed by atoms with Gasteiger partial charge in [-0.05, 0) is 33.1 Å². The van der Waals surface area contributed by atoms with E-state index in [1.54, 1.807) is 18.7 Å². The number of likely N-dealkylation sites (tertiary alicyclic amines) is 1. The summed E-state index contributed by atoms with van der Waals surface area (Å²) in [5, 5.41) is 15.6. The van der Waals surface area contributed by atoms with Gasteiger partial charge in [-0.3, -0.25) is 19.8 Å².